The van der Waals surface area contributed by atoms with Crippen molar-refractivity contribution in [2.75, 3.05) is 0 Å². The molecule has 0 atom stereocenters. The van der Waals surface area contributed by atoms with Crippen LogP contribution >= 0.6 is 0 Å². The van der Waals surface area contributed by atoms with Crippen molar-refractivity contribution >= 4 is 0 Å². The number of nitrogens with two attached hydrogens (primary N) is 1. The summed E-state index contributed by atoms with van der Waals surface area (Å²) in [5, 5.41) is 7.29. The minimum absolute atomic E-state index is 0.0522. The number of hydrogen-bond donors (Lipinski definition) is 1. The maximum absolute atomic E-state index is 13.3. The summed E-state index contributed by atoms with van der Waals surface area (Å²) in [4.78, 5) is 0. The predicted octanol–water partition coefficient (Wildman–Crippen LogP) is 1.40. The number of nitrogens with zero attached hydrogens (tertiary/aromatic N) is 2. The van der Waals surface area contributed by atoms with Crippen molar-refractivity contribution in [3.63, 3.8) is 0 Å². The minimum atomic E-state index is -0.894. The third kappa shape index (κ3) is 2.06. The lowest BCUT2D eigenvalue weighted by atomic mass is 10.1. The van der Waals surface area contributed by atoms with E-state index < -0.39 is 11.6 Å². The van der Waals surface area contributed by atoms with Gasteiger partial charge in [-0.25, -0.2) is 8.78 Å². The molecule has 16 heavy (non-hydrogen) atoms. The average molecular weight is 225 g/mol. The van der Waals surface area contributed by atoms with E-state index in [0.717, 1.165) is 6.07 Å². The van der Waals surface area contributed by atoms with Gasteiger partial charge in [0.25, 0.3) is 0 Å². The summed E-state index contributed by atoms with van der Waals surface area (Å²) in [6.45, 7) is 0.124. The lowest BCUT2D eigenvalue weighted by Crippen LogP contribution is -1.96. The first-order valence-electron chi connectivity index (χ1n) is 4.65. The van der Waals surface area contributed by atoms with Gasteiger partial charge in [0, 0.05) is 5.56 Å². The summed E-state index contributed by atoms with van der Waals surface area (Å²) in [6, 6.07) is 3.94. The maximum Gasteiger partial charge on any atom is 0.230 e. The second-order valence-electron chi connectivity index (χ2n) is 3.18. The topological polar surface area (TPSA) is 64.9 Å². The van der Waals surface area contributed by atoms with Crippen LogP contribution in [0.1, 0.15) is 17.3 Å². The Labute approximate surface area is 90.1 Å². The second-order valence-corrected chi connectivity index (χ2v) is 3.18. The molecule has 1 heterocycles. The molecule has 2 aromatic rings. The highest BCUT2D eigenvalue weighted by Crippen LogP contribution is 2.15. The first kappa shape index (κ1) is 10.7. The van der Waals surface area contributed by atoms with Crippen LogP contribution in [0.25, 0.3) is 0 Å². The summed E-state index contributed by atoms with van der Waals surface area (Å²) in [5.41, 5.74) is 5.45. The minimum Gasteiger partial charge on any atom is -0.424 e. The highest BCUT2D eigenvalue weighted by Gasteiger charge is 2.11. The van der Waals surface area contributed by atoms with Crippen molar-refractivity contribution in [3.8, 4) is 0 Å². The molecule has 0 saturated carbocycles. The average Bonchev–Trinajstić information content (AvgIpc) is 2.73. The van der Waals surface area contributed by atoms with Crippen LogP contribution in [-0.2, 0) is 13.0 Å². The third-order valence-electron chi connectivity index (χ3n) is 2.06. The van der Waals surface area contributed by atoms with Crippen molar-refractivity contribution in [1.82, 2.24) is 10.2 Å². The summed E-state index contributed by atoms with van der Waals surface area (Å²) in [6.07, 6.45) is 0.0522. The van der Waals surface area contributed by atoms with Crippen LogP contribution in [0, 0.1) is 11.6 Å². The van der Waals surface area contributed by atoms with E-state index in [-0.39, 0.29) is 30.3 Å². The molecule has 84 valence electrons. The second kappa shape index (κ2) is 4.36. The Kier molecular flexibility index (Phi) is 2.91. The molecule has 2 N–H and O–H groups in total. The van der Waals surface area contributed by atoms with Crippen molar-refractivity contribution in [1.29, 1.82) is 0 Å². The highest BCUT2D eigenvalue weighted by molar-refractivity contribution is 5.21. The Morgan fingerprint density at radius 2 is 1.94 bits per heavy atom. The van der Waals surface area contributed by atoms with Crippen LogP contribution in [-0.4, -0.2) is 10.2 Å². The molecule has 0 unspecified atom stereocenters. The van der Waals surface area contributed by atoms with Gasteiger partial charge in [-0.15, -0.1) is 10.2 Å². The fourth-order valence-electron chi connectivity index (χ4n) is 1.29. The Hall–Kier alpha value is -1.82. The first-order chi connectivity index (χ1) is 7.70. The van der Waals surface area contributed by atoms with Crippen LogP contribution in [0.2, 0.25) is 0 Å². The van der Waals surface area contributed by atoms with E-state index in [1.807, 2.05) is 0 Å². The van der Waals surface area contributed by atoms with E-state index >= 15 is 0 Å². The Morgan fingerprint density at radius 1 is 1.19 bits per heavy atom. The van der Waals surface area contributed by atoms with E-state index in [9.17, 15) is 8.78 Å². The van der Waals surface area contributed by atoms with Crippen LogP contribution in [0.4, 0.5) is 8.78 Å². The Morgan fingerprint density at radius 3 is 2.62 bits per heavy atom. The molecular formula is C10H9F2N3O. The van der Waals surface area contributed by atoms with Gasteiger partial charge in [0.15, 0.2) is 11.6 Å². The molecule has 0 saturated heterocycles. The van der Waals surface area contributed by atoms with Crippen molar-refractivity contribution in [2.24, 2.45) is 5.73 Å². The molecule has 0 aliphatic rings. The summed E-state index contributed by atoms with van der Waals surface area (Å²) in [5.74, 6) is -1.30. The quantitative estimate of drug-likeness (QED) is 0.857. The fourth-order valence-corrected chi connectivity index (χ4v) is 1.29. The first-order valence-corrected chi connectivity index (χ1v) is 4.65. The van der Waals surface area contributed by atoms with Crippen LogP contribution in [0.15, 0.2) is 22.6 Å². The summed E-state index contributed by atoms with van der Waals surface area (Å²) >= 11 is 0. The van der Waals surface area contributed by atoms with Gasteiger partial charge in [0.1, 0.15) is 0 Å². The normalized spacial score (nSPS) is 10.7. The molecular weight excluding hydrogens is 216 g/mol. The number of rotatable bonds is 3. The number of hydrogen-bond acceptors (Lipinski definition) is 4. The highest BCUT2D eigenvalue weighted by atomic mass is 19.2. The van der Waals surface area contributed by atoms with E-state index in [1.165, 1.54) is 12.1 Å². The van der Waals surface area contributed by atoms with Gasteiger partial charge in [-0.2, -0.15) is 0 Å². The zero-order valence-electron chi connectivity index (χ0n) is 8.28. The molecule has 1 aromatic carbocycles. The standard InChI is InChI=1S/C10H9F2N3O/c11-7-3-1-2-6(10(7)12)4-8-14-15-9(5-13)16-8/h1-3H,4-5,13H2. The van der Waals surface area contributed by atoms with Gasteiger partial charge in [0.05, 0.1) is 13.0 Å². The van der Waals surface area contributed by atoms with Crippen LogP contribution < -0.4 is 5.73 Å². The molecule has 0 aliphatic heterocycles. The summed E-state index contributed by atoms with van der Waals surface area (Å²) in [7, 11) is 0. The Bertz CT molecular complexity index is 499. The number of benzene rings is 1. The molecule has 0 radical (unpaired) electrons. The van der Waals surface area contributed by atoms with Gasteiger partial charge in [-0.05, 0) is 6.07 Å². The lowest BCUT2D eigenvalue weighted by molar-refractivity contribution is 0.452. The van der Waals surface area contributed by atoms with E-state index in [2.05, 4.69) is 10.2 Å². The molecule has 0 aliphatic carbocycles. The van der Waals surface area contributed by atoms with Crippen molar-refractivity contribution in [3.05, 3.63) is 47.2 Å². The maximum atomic E-state index is 13.3. The molecule has 4 nitrogen and oxygen atoms in total. The monoisotopic (exact) mass is 225 g/mol. The lowest BCUT2D eigenvalue weighted by Gasteiger charge is -1.99. The summed E-state index contributed by atoms with van der Waals surface area (Å²) < 4.78 is 31.3. The van der Waals surface area contributed by atoms with E-state index in [4.69, 9.17) is 10.2 Å². The number of halogens is 2. The third-order valence-corrected chi connectivity index (χ3v) is 2.06. The van der Waals surface area contributed by atoms with E-state index in [1.54, 1.807) is 0 Å². The zero-order valence-corrected chi connectivity index (χ0v) is 8.28. The molecule has 0 fully saturated rings. The molecule has 1 aromatic heterocycles. The van der Waals surface area contributed by atoms with Gasteiger partial charge in [-0.1, -0.05) is 12.1 Å². The van der Waals surface area contributed by atoms with Crippen LogP contribution in [0.3, 0.4) is 0 Å². The van der Waals surface area contributed by atoms with Crippen molar-refractivity contribution < 1.29 is 13.2 Å². The molecule has 2 rings (SSSR count). The van der Waals surface area contributed by atoms with Crippen molar-refractivity contribution in [2.45, 2.75) is 13.0 Å². The predicted molar refractivity (Wildman–Crippen MR) is 51.4 cm³/mol. The SMILES string of the molecule is NCc1nnc(Cc2cccc(F)c2F)o1. The van der Waals surface area contributed by atoms with Crippen LogP contribution in [0.5, 0.6) is 0 Å². The Balaban J connectivity index is 2.23. The molecule has 0 amide bonds. The molecule has 0 bridgehead atoms. The van der Waals surface area contributed by atoms with Gasteiger partial charge in [-0.3, -0.25) is 0 Å². The fraction of sp³-hybridized carbons (Fsp3) is 0.200. The molecule has 0 spiro atoms. The zero-order chi connectivity index (χ0) is 11.5. The van der Waals surface area contributed by atoms with Gasteiger partial charge in [0.2, 0.25) is 11.8 Å². The van der Waals surface area contributed by atoms with Gasteiger partial charge < -0.3 is 10.2 Å². The van der Waals surface area contributed by atoms with Gasteiger partial charge >= 0.3 is 0 Å². The van der Waals surface area contributed by atoms with E-state index in [0.29, 0.717) is 0 Å². The number of aromatic nitrogens is 2. The molecule has 6 heteroatoms. The largest absolute Gasteiger partial charge is 0.424 e. The smallest absolute Gasteiger partial charge is 0.230 e.